The van der Waals surface area contributed by atoms with Crippen LogP contribution in [0.1, 0.15) is 98.3 Å². The van der Waals surface area contributed by atoms with Crippen LogP contribution in [-0.4, -0.2) is 75.2 Å². The van der Waals surface area contributed by atoms with Gasteiger partial charge in [-0.05, 0) is 82.6 Å². The van der Waals surface area contributed by atoms with Crippen molar-refractivity contribution in [1.29, 1.82) is 0 Å². The normalized spacial score (nSPS) is 38.8. The standard InChI is InChI=1S/C35H51NO8/c1-22-10-6-5-7-11-23(2)30(37)21-28-16-13-25(4)35(42,44-28)32(39)33(40)36-19-9-8-12-29(36)34(41)43-27-17-14-26(15-18-27)31(38)24(3)20-22/h5-7,10-11,22,24-30,37,42H,8-9,12-21H2,1-4H3. The van der Waals surface area contributed by atoms with E-state index in [4.69, 9.17) is 9.47 Å². The monoisotopic (exact) mass is 613 g/mol. The summed E-state index contributed by atoms with van der Waals surface area (Å²) in [5.41, 5.74) is 0.699. The third-order valence-corrected chi connectivity index (χ3v) is 10.1. The van der Waals surface area contributed by atoms with Crippen LogP contribution in [0.4, 0.5) is 0 Å². The minimum Gasteiger partial charge on any atom is -0.461 e. The van der Waals surface area contributed by atoms with Crippen molar-refractivity contribution in [1.82, 2.24) is 4.90 Å². The molecule has 4 bridgehead atoms. The molecular formula is C35H51NO8. The summed E-state index contributed by atoms with van der Waals surface area (Å²) in [4.78, 5) is 55.0. The summed E-state index contributed by atoms with van der Waals surface area (Å²) in [5.74, 6) is -5.22. The highest BCUT2D eigenvalue weighted by Crippen LogP contribution is 2.36. The second-order valence-electron chi connectivity index (χ2n) is 13.6. The Balaban J connectivity index is 1.57. The third-order valence-electron chi connectivity index (χ3n) is 10.1. The highest BCUT2D eigenvalue weighted by Gasteiger charge is 2.53. The summed E-state index contributed by atoms with van der Waals surface area (Å²) in [6, 6.07) is -0.912. The minimum absolute atomic E-state index is 0.0579. The maximum absolute atomic E-state index is 13.6. The first-order chi connectivity index (χ1) is 20.9. The van der Waals surface area contributed by atoms with Gasteiger partial charge in [0.1, 0.15) is 17.9 Å². The molecule has 0 aromatic rings. The maximum Gasteiger partial charge on any atom is 0.329 e. The molecule has 7 atom stereocenters. The van der Waals surface area contributed by atoms with E-state index in [0.717, 1.165) is 6.42 Å². The SMILES string of the molecule is CC1=CC=CC=CC(C)CC(C)C(=O)C2CCC(CC2)OC(=O)C2CCCCN2C(=O)C(=O)C2(O)OC(CCC2C)CC1O. The molecule has 2 saturated heterocycles. The number of esters is 1. The molecule has 3 fully saturated rings. The summed E-state index contributed by atoms with van der Waals surface area (Å²) in [7, 11) is 0. The molecule has 244 valence electrons. The average molecular weight is 614 g/mol. The molecule has 1 aliphatic carbocycles. The fourth-order valence-electron chi connectivity index (χ4n) is 7.14. The van der Waals surface area contributed by atoms with Crippen LogP contribution in [0.5, 0.6) is 0 Å². The highest BCUT2D eigenvalue weighted by molar-refractivity contribution is 6.39. The number of hydrogen-bond acceptors (Lipinski definition) is 8. The first-order valence-electron chi connectivity index (χ1n) is 16.6. The van der Waals surface area contributed by atoms with Crippen LogP contribution in [0.15, 0.2) is 36.0 Å². The molecule has 44 heavy (non-hydrogen) atoms. The van der Waals surface area contributed by atoms with Crippen LogP contribution in [0.25, 0.3) is 0 Å². The average Bonchev–Trinajstić information content (AvgIpc) is 3.01. The lowest BCUT2D eigenvalue weighted by Gasteiger charge is -2.42. The van der Waals surface area contributed by atoms with Gasteiger partial charge in [0.2, 0.25) is 5.79 Å². The fraction of sp³-hybridized carbons (Fsp3) is 0.714. The number of aliphatic hydroxyl groups is 2. The van der Waals surface area contributed by atoms with Crippen LogP contribution in [0.2, 0.25) is 0 Å². The lowest BCUT2D eigenvalue weighted by molar-refractivity contribution is -0.265. The largest absolute Gasteiger partial charge is 0.461 e. The molecular weight excluding hydrogens is 562 g/mol. The van der Waals surface area contributed by atoms with Gasteiger partial charge in [-0.2, -0.15) is 0 Å². The van der Waals surface area contributed by atoms with E-state index in [1.807, 2.05) is 31.2 Å². The number of allylic oxidation sites excluding steroid dienone is 5. The Morgan fingerprint density at radius 2 is 1.57 bits per heavy atom. The molecule has 1 amide bonds. The van der Waals surface area contributed by atoms with Crippen LogP contribution in [0.3, 0.4) is 0 Å². The number of piperidine rings is 1. The number of rotatable bonds is 0. The smallest absolute Gasteiger partial charge is 0.329 e. The van der Waals surface area contributed by atoms with E-state index in [1.54, 1.807) is 13.8 Å². The van der Waals surface area contributed by atoms with Gasteiger partial charge >= 0.3 is 5.97 Å². The van der Waals surface area contributed by atoms with Crippen molar-refractivity contribution in [3.8, 4) is 0 Å². The molecule has 0 radical (unpaired) electrons. The molecule has 4 heterocycles. The summed E-state index contributed by atoms with van der Waals surface area (Å²) in [6.45, 7) is 7.76. The topological polar surface area (TPSA) is 130 Å². The number of Topliss-reactive ketones (excluding diaryl/α,β-unsaturated/α-hetero) is 2. The lowest BCUT2D eigenvalue weighted by Crippen LogP contribution is -2.60. The predicted octanol–water partition coefficient (Wildman–Crippen LogP) is 4.60. The quantitative estimate of drug-likeness (QED) is 0.300. The molecule has 7 unspecified atom stereocenters. The van der Waals surface area contributed by atoms with Gasteiger partial charge in [-0.3, -0.25) is 14.4 Å². The van der Waals surface area contributed by atoms with Crippen LogP contribution in [0, 0.1) is 23.7 Å². The summed E-state index contributed by atoms with van der Waals surface area (Å²) in [5, 5.41) is 22.3. The van der Waals surface area contributed by atoms with Gasteiger partial charge in [0, 0.05) is 30.7 Å². The Bertz CT molecular complexity index is 1150. The molecule has 9 heteroatoms. The second kappa shape index (κ2) is 15.1. The molecule has 9 nitrogen and oxygen atoms in total. The highest BCUT2D eigenvalue weighted by atomic mass is 16.6. The molecule has 0 aromatic carbocycles. The van der Waals surface area contributed by atoms with E-state index in [0.29, 0.717) is 63.4 Å². The summed E-state index contributed by atoms with van der Waals surface area (Å²) in [6.07, 6.45) is 13.8. The number of hydrogen-bond donors (Lipinski definition) is 2. The molecule has 5 rings (SSSR count). The van der Waals surface area contributed by atoms with E-state index in [1.165, 1.54) is 4.90 Å². The van der Waals surface area contributed by atoms with E-state index in [9.17, 15) is 29.4 Å². The zero-order valence-electron chi connectivity index (χ0n) is 26.8. The molecule has 5 aliphatic rings. The van der Waals surface area contributed by atoms with E-state index >= 15 is 0 Å². The number of aliphatic hydroxyl groups excluding tert-OH is 1. The minimum atomic E-state index is -2.35. The third kappa shape index (κ3) is 8.15. The number of amides is 1. The maximum atomic E-state index is 13.6. The zero-order chi connectivity index (χ0) is 32.0. The number of ketones is 2. The molecule has 0 aromatic heterocycles. The van der Waals surface area contributed by atoms with Crippen molar-refractivity contribution in [2.45, 2.75) is 128 Å². The van der Waals surface area contributed by atoms with Crippen molar-refractivity contribution in [3.63, 3.8) is 0 Å². The van der Waals surface area contributed by atoms with Crippen molar-refractivity contribution in [3.05, 3.63) is 36.0 Å². The van der Waals surface area contributed by atoms with Crippen LogP contribution < -0.4 is 0 Å². The van der Waals surface area contributed by atoms with Gasteiger partial charge in [0.05, 0.1) is 12.2 Å². The van der Waals surface area contributed by atoms with E-state index in [2.05, 4.69) is 13.0 Å². The van der Waals surface area contributed by atoms with Crippen molar-refractivity contribution >= 4 is 23.4 Å². The van der Waals surface area contributed by atoms with Crippen molar-refractivity contribution in [2.24, 2.45) is 23.7 Å². The Morgan fingerprint density at radius 3 is 2.30 bits per heavy atom. The Morgan fingerprint density at radius 1 is 0.864 bits per heavy atom. The van der Waals surface area contributed by atoms with Crippen molar-refractivity contribution in [2.75, 3.05) is 6.54 Å². The first kappa shape index (κ1) is 34.3. The van der Waals surface area contributed by atoms with Gasteiger partial charge in [-0.1, -0.05) is 51.2 Å². The van der Waals surface area contributed by atoms with E-state index in [-0.39, 0.29) is 42.6 Å². The Kier molecular flexibility index (Phi) is 11.8. The fourth-order valence-corrected chi connectivity index (χ4v) is 7.14. The van der Waals surface area contributed by atoms with Gasteiger partial charge in [0.25, 0.3) is 11.7 Å². The number of ether oxygens (including phenoxy) is 2. The van der Waals surface area contributed by atoms with Gasteiger partial charge in [-0.25, -0.2) is 4.79 Å². The zero-order valence-corrected chi connectivity index (χ0v) is 26.8. The van der Waals surface area contributed by atoms with Crippen LogP contribution in [-0.2, 0) is 28.7 Å². The van der Waals surface area contributed by atoms with E-state index < -0.39 is 47.6 Å². The second-order valence-corrected chi connectivity index (χ2v) is 13.6. The Hall–Kier alpha value is -2.62. The van der Waals surface area contributed by atoms with Gasteiger partial charge < -0.3 is 24.6 Å². The number of fused-ring (bicyclic) bond motifs is 12. The number of carbonyl (C=O) groups excluding carboxylic acids is 4. The van der Waals surface area contributed by atoms with Gasteiger partial charge in [-0.15, -0.1) is 0 Å². The summed E-state index contributed by atoms with van der Waals surface area (Å²) < 4.78 is 11.8. The molecule has 1 saturated carbocycles. The first-order valence-corrected chi connectivity index (χ1v) is 16.6. The predicted molar refractivity (Wildman–Crippen MR) is 165 cm³/mol. The molecule has 2 N–H and O–H groups in total. The number of nitrogens with zero attached hydrogens (tertiary/aromatic N) is 1. The van der Waals surface area contributed by atoms with Crippen molar-refractivity contribution < 1.29 is 38.9 Å². The summed E-state index contributed by atoms with van der Waals surface area (Å²) >= 11 is 0. The Labute approximate surface area is 261 Å². The van der Waals surface area contributed by atoms with Gasteiger partial charge in [0.15, 0.2) is 0 Å². The molecule has 0 spiro atoms. The number of carbonyl (C=O) groups is 4. The lowest BCUT2D eigenvalue weighted by atomic mass is 9.79. The molecule has 4 aliphatic heterocycles. The van der Waals surface area contributed by atoms with Crippen LogP contribution >= 0.6 is 0 Å².